The van der Waals surface area contributed by atoms with Crippen LogP contribution in [0.3, 0.4) is 0 Å². The molecule has 0 aliphatic heterocycles. The summed E-state index contributed by atoms with van der Waals surface area (Å²) in [6, 6.07) is 2.71. The molecule has 104 valence electrons. The van der Waals surface area contributed by atoms with Gasteiger partial charge in [-0.3, -0.25) is 0 Å². The van der Waals surface area contributed by atoms with E-state index >= 15 is 0 Å². The minimum absolute atomic E-state index is 0. The first-order valence-corrected chi connectivity index (χ1v) is 4.92. The zero-order valence-corrected chi connectivity index (χ0v) is 10.8. The molecule has 4 nitrogen and oxygen atoms in total. The fraction of sp³-hybridized carbons (Fsp3) is 0.455. The molecule has 18 heavy (non-hydrogen) atoms. The molecule has 0 saturated carbocycles. The molecule has 0 saturated heterocycles. The minimum atomic E-state index is -3.39. The third kappa shape index (κ3) is 3.69. The number of aliphatic hydroxyl groups excluding tert-OH is 1. The third-order valence-electron chi connectivity index (χ3n) is 2.40. The lowest BCUT2D eigenvalue weighted by Crippen LogP contribution is -2.36. The molecule has 3 N–H and O–H groups in total. The van der Waals surface area contributed by atoms with Crippen LogP contribution < -0.4 is 15.2 Å². The van der Waals surface area contributed by atoms with Gasteiger partial charge >= 0.3 is 0 Å². The average molecular weight is 284 g/mol. The highest BCUT2D eigenvalue weighted by molar-refractivity contribution is 5.85. The van der Waals surface area contributed by atoms with E-state index in [0.717, 1.165) is 0 Å². The predicted octanol–water partition coefficient (Wildman–Crippen LogP) is 1.75. The van der Waals surface area contributed by atoms with Crippen molar-refractivity contribution in [1.29, 1.82) is 0 Å². The summed E-state index contributed by atoms with van der Waals surface area (Å²) in [5.74, 6) is -2.66. The van der Waals surface area contributed by atoms with Crippen molar-refractivity contribution in [1.82, 2.24) is 0 Å². The van der Waals surface area contributed by atoms with Crippen LogP contribution in [0, 0.1) is 0 Å². The Morgan fingerprint density at radius 3 is 2.00 bits per heavy atom. The number of rotatable bonds is 5. The topological polar surface area (TPSA) is 64.7 Å². The average Bonchev–Trinajstić information content (AvgIpc) is 2.36. The van der Waals surface area contributed by atoms with E-state index in [2.05, 4.69) is 0 Å². The summed E-state index contributed by atoms with van der Waals surface area (Å²) in [6.07, 6.45) is 0. The molecule has 0 spiro atoms. The van der Waals surface area contributed by atoms with Crippen LogP contribution in [0.15, 0.2) is 18.2 Å². The third-order valence-corrected chi connectivity index (χ3v) is 2.40. The highest BCUT2D eigenvalue weighted by atomic mass is 35.5. The van der Waals surface area contributed by atoms with Crippen molar-refractivity contribution < 1.29 is 23.4 Å². The summed E-state index contributed by atoms with van der Waals surface area (Å²) in [5.41, 5.74) is 5.55. The van der Waals surface area contributed by atoms with Crippen molar-refractivity contribution >= 4 is 12.4 Å². The first kappa shape index (κ1) is 16.9. The molecular weight excluding hydrogens is 268 g/mol. The standard InChI is InChI=1S/C11H15F2NO3.ClH/c1-16-8-3-7(4-9(5-8)17-2)10(14)11(12,13)6-15;/h3-5,10,15H,6,14H2,1-2H3;1H/t10-;/m0./s1. The van der Waals surface area contributed by atoms with Gasteiger partial charge in [-0.25, -0.2) is 8.78 Å². The highest BCUT2D eigenvalue weighted by Gasteiger charge is 2.37. The summed E-state index contributed by atoms with van der Waals surface area (Å²) in [6.45, 7) is -1.31. The largest absolute Gasteiger partial charge is 0.497 e. The van der Waals surface area contributed by atoms with E-state index in [9.17, 15) is 8.78 Å². The van der Waals surface area contributed by atoms with E-state index in [4.69, 9.17) is 20.3 Å². The van der Waals surface area contributed by atoms with E-state index in [1.54, 1.807) is 6.07 Å². The Bertz CT molecular complexity index is 368. The molecule has 7 heteroatoms. The van der Waals surface area contributed by atoms with Crippen molar-refractivity contribution in [3.8, 4) is 11.5 Å². The van der Waals surface area contributed by atoms with Gasteiger partial charge < -0.3 is 20.3 Å². The first-order valence-electron chi connectivity index (χ1n) is 4.92. The summed E-state index contributed by atoms with van der Waals surface area (Å²) in [4.78, 5) is 0. The molecule has 0 aliphatic rings. The van der Waals surface area contributed by atoms with Crippen LogP contribution in [0.25, 0.3) is 0 Å². The maximum atomic E-state index is 13.2. The van der Waals surface area contributed by atoms with Gasteiger partial charge in [0.15, 0.2) is 0 Å². The van der Waals surface area contributed by atoms with Gasteiger partial charge in [-0.1, -0.05) is 0 Å². The van der Waals surface area contributed by atoms with Gasteiger partial charge in [0.25, 0.3) is 5.92 Å². The van der Waals surface area contributed by atoms with Crippen LogP contribution in [0.2, 0.25) is 0 Å². The van der Waals surface area contributed by atoms with Crippen molar-refractivity contribution in [3.05, 3.63) is 23.8 Å². The molecule has 0 fully saturated rings. The number of benzene rings is 1. The predicted molar refractivity (Wildman–Crippen MR) is 65.8 cm³/mol. The Balaban J connectivity index is 0.00000289. The van der Waals surface area contributed by atoms with Gasteiger partial charge in [0, 0.05) is 6.07 Å². The normalized spacial score (nSPS) is 12.6. The van der Waals surface area contributed by atoms with Gasteiger partial charge in [0.2, 0.25) is 0 Å². The molecule has 1 aromatic rings. The maximum Gasteiger partial charge on any atom is 0.289 e. The smallest absolute Gasteiger partial charge is 0.289 e. The maximum absolute atomic E-state index is 13.2. The minimum Gasteiger partial charge on any atom is -0.497 e. The highest BCUT2D eigenvalue weighted by Crippen LogP contribution is 2.33. The number of halogens is 3. The van der Waals surface area contributed by atoms with Crippen molar-refractivity contribution in [3.63, 3.8) is 0 Å². The van der Waals surface area contributed by atoms with Crippen LogP contribution in [0.4, 0.5) is 8.78 Å². The molecule has 0 heterocycles. The van der Waals surface area contributed by atoms with E-state index in [1.807, 2.05) is 0 Å². The summed E-state index contributed by atoms with van der Waals surface area (Å²) in [7, 11) is 2.82. The summed E-state index contributed by atoms with van der Waals surface area (Å²) >= 11 is 0. The molecule has 1 rings (SSSR count). The van der Waals surface area contributed by atoms with E-state index in [-0.39, 0.29) is 18.0 Å². The monoisotopic (exact) mass is 283 g/mol. The lowest BCUT2D eigenvalue weighted by atomic mass is 10.0. The lowest BCUT2D eigenvalue weighted by Gasteiger charge is -2.22. The fourth-order valence-corrected chi connectivity index (χ4v) is 1.35. The molecule has 1 atom stereocenters. The van der Waals surface area contributed by atoms with Gasteiger partial charge in [0.1, 0.15) is 18.1 Å². The number of ether oxygens (including phenoxy) is 2. The molecular formula is C11H16ClF2NO3. The summed E-state index contributed by atoms with van der Waals surface area (Å²) < 4.78 is 36.4. The molecule has 1 aromatic carbocycles. The Labute approximate surface area is 110 Å². The van der Waals surface area contributed by atoms with Crippen molar-refractivity contribution in [2.24, 2.45) is 5.73 Å². The second-order valence-corrected chi connectivity index (χ2v) is 3.54. The van der Waals surface area contributed by atoms with E-state index < -0.39 is 18.6 Å². The second kappa shape index (κ2) is 6.72. The number of hydrogen-bond acceptors (Lipinski definition) is 4. The van der Waals surface area contributed by atoms with Crippen LogP contribution in [0.1, 0.15) is 11.6 Å². The van der Waals surface area contributed by atoms with Gasteiger partial charge in [0.05, 0.1) is 20.3 Å². The zero-order chi connectivity index (χ0) is 13.1. The molecule has 0 aromatic heterocycles. The molecule has 0 amide bonds. The molecule has 0 radical (unpaired) electrons. The lowest BCUT2D eigenvalue weighted by molar-refractivity contribution is -0.0712. The van der Waals surface area contributed by atoms with Gasteiger partial charge in [-0.2, -0.15) is 0 Å². The summed E-state index contributed by atoms with van der Waals surface area (Å²) in [5, 5.41) is 8.59. The number of hydrogen-bond donors (Lipinski definition) is 2. The van der Waals surface area contributed by atoms with Crippen LogP contribution >= 0.6 is 12.4 Å². The quantitative estimate of drug-likeness (QED) is 0.864. The first-order chi connectivity index (χ1) is 7.94. The SMILES string of the molecule is COc1cc(OC)cc([C@H](N)C(F)(F)CO)c1.Cl. The Hall–Kier alpha value is -1.11. The van der Waals surface area contributed by atoms with Crippen LogP contribution in [-0.2, 0) is 0 Å². The van der Waals surface area contributed by atoms with E-state index in [1.165, 1.54) is 26.4 Å². The van der Waals surface area contributed by atoms with Crippen LogP contribution in [-0.4, -0.2) is 31.9 Å². The number of nitrogens with two attached hydrogens (primary N) is 1. The number of aliphatic hydroxyl groups is 1. The Morgan fingerprint density at radius 1 is 1.22 bits per heavy atom. The van der Waals surface area contributed by atoms with Crippen LogP contribution in [0.5, 0.6) is 11.5 Å². The van der Waals surface area contributed by atoms with Gasteiger partial charge in [-0.05, 0) is 17.7 Å². The van der Waals surface area contributed by atoms with Gasteiger partial charge in [-0.15, -0.1) is 12.4 Å². The Morgan fingerprint density at radius 2 is 1.67 bits per heavy atom. The van der Waals surface area contributed by atoms with Crippen molar-refractivity contribution in [2.45, 2.75) is 12.0 Å². The number of methoxy groups -OCH3 is 2. The molecule has 0 unspecified atom stereocenters. The van der Waals surface area contributed by atoms with Crippen molar-refractivity contribution in [2.75, 3.05) is 20.8 Å². The fourth-order valence-electron chi connectivity index (χ4n) is 1.35. The Kier molecular flexibility index (Phi) is 6.31. The molecule has 0 aliphatic carbocycles. The molecule has 0 bridgehead atoms. The second-order valence-electron chi connectivity index (χ2n) is 3.54. The zero-order valence-electron chi connectivity index (χ0n) is 10.0. The van der Waals surface area contributed by atoms with E-state index in [0.29, 0.717) is 11.5 Å². The number of alkyl halides is 2.